The molecular weight excluding hydrogens is 795 g/mol. The van der Waals surface area contributed by atoms with Crippen molar-refractivity contribution in [2.45, 2.75) is 49.1 Å². The monoisotopic (exact) mass is 821 g/mol. The number of anilines is 1. The molecule has 1 amide bonds. The van der Waals surface area contributed by atoms with E-state index < -0.39 is 91.7 Å². The van der Waals surface area contributed by atoms with Gasteiger partial charge in [-0.1, -0.05) is 0 Å². The number of primary amides is 1. The van der Waals surface area contributed by atoms with E-state index >= 15 is 0 Å². The van der Waals surface area contributed by atoms with Crippen LogP contribution in [0, 0.1) is 0 Å². The third-order valence-corrected chi connectivity index (χ3v) is 10.7. The van der Waals surface area contributed by atoms with Crippen LogP contribution in [-0.4, -0.2) is 105 Å². The average molecular weight is 822 g/mol. The third-order valence-electron chi connectivity index (χ3n) is 7.03. The summed E-state index contributed by atoms with van der Waals surface area (Å²) in [5.41, 5.74) is 11.1. The fraction of sp³-hybridized carbons (Fsp3) is 0.476. The van der Waals surface area contributed by atoms with Crippen molar-refractivity contribution in [3.05, 3.63) is 41.2 Å². The van der Waals surface area contributed by atoms with Gasteiger partial charge in [-0.2, -0.15) is 4.57 Å². The maximum Gasteiger partial charge on any atom is 0.478 e. The van der Waals surface area contributed by atoms with Crippen LogP contribution in [0.25, 0.3) is 11.2 Å². The van der Waals surface area contributed by atoms with Crippen LogP contribution in [0.5, 0.6) is 0 Å². The van der Waals surface area contributed by atoms with Gasteiger partial charge in [-0.05, 0) is 22.0 Å². The Labute approximate surface area is 281 Å². The molecule has 10 N–H and O–H groups in total. The molecule has 3 aromatic heterocycles. The lowest BCUT2D eigenvalue weighted by molar-refractivity contribution is -0.765. The van der Waals surface area contributed by atoms with E-state index in [1.807, 2.05) is 0 Å². The van der Waals surface area contributed by atoms with Gasteiger partial charge in [0, 0.05) is 6.07 Å². The number of nitrogens with zero attached hydrogens (tertiary/aromatic N) is 5. The molecule has 10 unspecified atom stereocenters. The summed E-state index contributed by atoms with van der Waals surface area (Å²) in [5, 5.41) is 31.6. The Kier molecular flexibility index (Phi) is 11.1. The topological polar surface area (TPSA) is 368 Å². The van der Waals surface area contributed by atoms with E-state index in [1.165, 1.54) is 29.1 Å². The highest BCUT2D eigenvalue weighted by molar-refractivity contribution is 9.10. The van der Waals surface area contributed by atoms with Gasteiger partial charge >= 0.3 is 15.6 Å². The number of rotatable bonds is 13. The number of hydrogen-bond donors (Lipinski definition) is 8. The minimum Gasteiger partial charge on any atom is -0.756 e. The molecule has 2 fully saturated rings. The summed E-state index contributed by atoms with van der Waals surface area (Å²) in [6, 6.07) is 2.77. The lowest BCUT2D eigenvalue weighted by atomic mass is 10.1. The van der Waals surface area contributed by atoms with Crippen molar-refractivity contribution in [3.63, 3.8) is 0 Å². The molecule has 49 heavy (non-hydrogen) atoms. The number of hydrogen-bond acceptors (Lipinski definition) is 18. The van der Waals surface area contributed by atoms with Crippen molar-refractivity contribution in [1.82, 2.24) is 19.5 Å². The first-order chi connectivity index (χ1) is 22.8. The van der Waals surface area contributed by atoms with Crippen LogP contribution in [0.4, 0.5) is 5.82 Å². The first kappa shape index (κ1) is 37.9. The van der Waals surface area contributed by atoms with Crippen molar-refractivity contribution >= 4 is 62.3 Å². The van der Waals surface area contributed by atoms with E-state index in [1.54, 1.807) is 0 Å². The molecule has 5 rings (SSSR count). The number of amides is 1. The molecule has 2 aliphatic heterocycles. The van der Waals surface area contributed by atoms with Gasteiger partial charge in [-0.3, -0.25) is 23.0 Å². The lowest BCUT2D eigenvalue weighted by Crippen LogP contribution is -2.46. The van der Waals surface area contributed by atoms with E-state index in [0.29, 0.717) is 0 Å². The number of carbonyl (C=O) groups is 1. The van der Waals surface area contributed by atoms with Gasteiger partial charge in [0.15, 0.2) is 46.4 Å². The maximum atomic E-state index is 12.6. The van der Waals surface area contributed by atoms with E-state index in [0.717, 1.165) is 10.9 Å². The van der Waals surface area contributed by atoms with Crippen LogP contribution in [0.2, 0.25) is 0 Å². The summed E-state index contributed by atoms with van der Waals surface area (Å²) in [6.45, 7) is -2.14. The highest BCUT2D eigenvalue weighted by atomic mass is 79.9. The molecule has 2 aliphatic rings. The number of phosphoric acid groups is 3. The van der Waals surface area contributed by atoms with E-state index in [2.05, 4.69) is 44.2 Å². The molecule has 0 aliphatic carbocycles. The van der Waals surface area contributed by atoms with Gasteiger partial charge in [-0.25, -0.2) is 28.4 Å². The van der Waals surface area contributed by atoms with E-state index in [9.17, 15) is 53.4 Å². The third kappa shape index (κ3) is 8.57. The number of ether oxygens (including phenoxy) is 2. The van der Waals surface area contributed by atoms with Crippen LogP contribution in [0.1, 0.15) is 22.8 Å². The Balaban J connectivity index is 1.23. The number of aliphatic hydroxyl groups excluding tert-OH is 3. The summed E-state index contributed by atoms with van der Waals surface area (Å²) >= 11 is 3.12. The molecular formula is C21H27BrN7O17P3. The van der Waals surface area contributed by atoms with Crippen LogP contribution < -0.4 is 20.9 Å². The smallest absolute Gasteiger partial charge is 0.478 e. The molecule has 28 heteroatoms. The second-order valence-corrected chi connectivity index (χ2v) is 15.2. The minimum atomic E-state index is -5.74. The molecule has 0 aromatic carbocycles. The molecule has 3 aromatic rings. The van der Waals surface area contributed by atoms with Gasteiger partial charge in [0.2, 0.25) is 0 Å². The lowest BCUT2D eigenvalue weighted by Gasteiger charge is -2.26. The Bertz CT molecular complexity index is 1870. The number of imidazole rings is 1. The van der Waals surface area contributed by atoms with Crippen LogP contribution in [-0.2, 0) is 41.1 Å². The van der Waals surface area contributed by atoms with Gasteiger partial charge in [0.25, 0.3) is 20.0 Å². The van der Waals surface area contributed by atoms with Crippen LogP contribution >= 0.6 is 39.4 Å². The number of pyridine rings is 1. The molecule has 5 heterocycles. The zero-order valence-electron chi connectivity index (χ0n) is 24.2. The number of halogens is 1. The number of nitrogen functional groups attached to an aromatic ring is 1. The Morgan fingerprint density at radius 3 is 2.41 bits per heavy atom. The molecule has 0 radical (unpaired) electrons. The number of fused-ring (bicyclic) bond motifs is 1. The zero-order chi connectivity index (χ0) is 36.1. The Morgan fingerprint density at radius 2 is 1.73 bits per heavy atom. The summed E-state index contributed by atoms with van der Waals surface area (Å²) in [7, 11) is -16.7. The number of nitrogens with two attached hydrogens (primary N) is 2. The molecule has 2 saturated heterocycles. The highest BCUT2D eigenvalue weighted by Crippen LogP contribution is 2.59. The summed E-state index contributed by atoms with van der Waals surface area (Å²) in [6.07, 6.45) is -9.84. The fourth-order valence-corrected chi connectivity index (χ4v) is 8.02. The van der Waals surface area contributed by atoms with Crippen molar-refractivity contribution < 1.29 is 85.3 Å². The Hall–Kier alpha value is -2.38. The SMILES string of the molecule is NC(=O)c1ccc[n+](C2OC(COP(=O)([O-])OP(=O)(O)OCC3OC(n4c(Br)nc5c(N)ncnc54)C(OP(=O)(O)O)C3O)C(O)C2O)c1. The first-order valence-corrected chi connectivity index (χ1v) is 18.7. The Morgan fingerprint density at radius 1 is 1.06 bits per heavy atom. The minimum absolute atomic E-state index is 0.0261. The van der Waals surface area contributed by atoms with E-state index in [-0.39, 0.29) is 27.3 Å². The van der Waals surface area contributed by atoms with Crippen molar-refractivity contribution in [3.8, 4) is 0 Å². The van der Waals surface area contributed by atoms with Crippen LogP contribution in [0.15, 0.2) is 35.6 Å². The molecule has 10 atom stereocenters. The fourth-order valence-electron chi connectivity index (χ4n) is 4.88. The van der Waals surface area contributed by atoms with Crippen LogP contribution in [0.3, 0.4) is 0 Å². The molecule has 24 nitrogen and oxygen atoms in total. The number of phosphoric ester groups is 3. The normalized spacial score (nSPS) is 30.0. The molecule has 0 spiro atoms. The summed E-state index contributed by atoms with van der Waals surface area (Å²) in [4.78, 5) is 64.8. The van der Waals surface area contributed by atoms with Gasteiger partial charge < -0.3 is 60.4 Å². The number of carbonyl (C=O) groups excluding carboxylic acids is 1. The van der Waals surface area contributed by atoms with Crippen molar-refractivity contribution in [2.75, 3.05) is 18.9 Å². The second kappa shape index (κ2) is 14.3. The predicted octanol–water partition coefficient (Wildman–Crippen LogP) is -2.77. The summed E-state index contributed by atoms with van der Waals surface area (Å²) in [5.74, 6) is -0.886. The molecule has 0 bridgehead atoms. The largest absolute Gasteiger partial charge is 0.756 e. The second-order valence-electron chi connectivity index (χ2n) is 10.3. The number of aliphatic hydroxyl groups is 3. The standard InChI is InChI=1S/C21H27BrN7O17P3/c22-21-27-11-16(23)25-7-26-18(11)29(21)20-15(45-47(34,35)36)13(31)10(44-20)6-42-49(39,40)46-48(37,38)41-5-9-12(30)14(32)19(43-9)28-3-1-2-8(4-28)17(24)33/h1-4,7,9-10,12-15,19-20,30-32H,5-6H2,(H7-,23,24,25,26,33,34,35,36,37,38,39,40). The molecule has 0 saturated carbocycles. The number of aromatic nitrogens is 5. The predicted molar refractivity (Wildman–Crippen MR) is 156 cm³/mol. The van der Waals surface area contributed by atoms with Crippen molar-refractivity contribution in [1.29, 1.82) is 0 Å². The highest BCUT2D eigenvalue weighted by Gasteiger charge is 2.51. The van der Waals surface area contributed by atoms with E-state index in [4.69, 9.17) is 25.5 Å². The quantitative estimate of drug-likeness (QED) is 0.0491. The molecule has 270 valence electrons. The summed E-state index contributed by atoms with van der Waals surface area (Å²) < 4.78 is 68.1. The average Bonchev–Trinajstić information content (AvgIpc) is 3.60. The van der Waals surface area contributed by atoms with Gasteiger partial charge in [0.05, 0.1) is 13.2 Å². The maximum absolute atomic E-state index is 12.6. The zero-order valence-corrected chi connectivity index (χ0v) is 28.5. The first-order valence-electron chi connectivity index (χ1n) is 13.4. The van der Waals surface area contributed by atoms with Crippen molar-refractivity contribution in [2.24, 2.45) is 5.73 Å². The van der Waals surface area contributed by atoms with Gasteiger partial charge in [-0.15, -0.1) is 0 Å². The van der Waals surface area contributed by atoms with Gasteiger partial charge in [0.1, 0.15) is 42.4 Å².